The van der Waals surface area contributed by atoms with Crippen LogP contribution in [0, 0.1) is 5.92 Å². The molecule has 0 saturated carbocycles. The number of fused-ring (bicyclic) bond motifs is 2. The van der Waals surface area contributed by atoms with E-state index in [4.69, 9.17) is 10.5 Å². The minimum Gasteiger partial charge on any atom is -0.497 e. The molecule has 1 saturated heterocycles. The SMILES string of the molecule is CCCN1CC(N)CC2Cc3cc(OC)ccc3CC21. The summed E-state index contributed by atoms with van der Waals surface area (Å²) in [5.74, 6) is 1.69. The number of benzene rings is 1. The number of nitrogens with zero attached hydrogens (tertiary/aromatic N) is 1. The van der Waals surface area contributed by atoms with E-state index in [1.54, 1.807) is 7.11 Å². The second-order valence-electron chi connectivity index (χ2n) is 6.36. The van der Waals surface area contributed by atoms with E-state index in [2.05, 4.69) is 30.0 Å². The molecule has 1 fully saturated rings. The van der Waals surface area contributed by atoms with Crippen LogP contribution in [0.4, 0.5) is 0 Å². The summed E-state index contributed by atoms with van der Waals surface area (Å²) in [6.45, 7) is 4.51. The molecule has 1 aromatic carbocycles. The fraction of sp³-hybridized carbons (Fsp3) is 0.647. The highest BCUT2D eigenvalue weighted by molar-refractivity contribution is 5.38. The minimum atomic E-state index is 0.343. The van der Waals surface area contributed by atoms with Crippen molar-refractivity contribution in [2.24, 2.45) is 11.7 Å². The Morgan fingerprint density at radius 1 is 1.30 bits per heavy atom. The van der Waals surface area contributed by atoms with Crippen molar-refractivity contribution >= 4 is 0 Å². The average molecular weight is 274 g/mol. The van der Waals surface area contributed by atoms with Crippen LogP contribution in [0.15, 0.2) is 18.2 Å². The van der Waals surface area contributed by atoms with Gasteiger partial charge in [0.25, 0.3) is 0 Å². The third-order valence-corrected chi connectivity index (χ3v) is 4.92. The molecule has 3 heteroatoms. The van der Waals surface area contributed by atoms with Gasteiger partial charge in [-0.05, 0) is 61.4 Å². The first-order valence-corrected chi connectivity index (χ1v) is 7.86. The Labute approximate surface area is 122 Å². The molecule has 2 aliphatic rings. The number of nitrogens with two attached hydrogens (primary N) is 1. The van der Waals surface area contributed by atoms with Crippen molar-refractivity contribution in [1.82, 2.24) is 4.90 Å². The van der Waals surface area contributed by atoms with E-state index < -0.39 is 0 Å². The Morgan fingerprint density at radius 2 is 2.15 bits per heavy atom. The number of methoxy groups -OCH3 is 1. The van der Waals surface area contributed by atoms with E-state index in [1.165, 1.54) is 36.9 Å². The number of hydrogen-bond acceptors (Lipinski definition) is 3. The largest absolute Gasteiger partial charge is 0.497 e. The van der Waals surface area contributed by atoms with Crippen molar-refractivity contribution in [2.45, 2.75) is 44.7 Å². The molecule has 0 radical (unpaired) electrons. The lowest BCUT2D eigenvalue weighted by atomic mass is 9.74. The van der Waals surface area contributed by atoms with Crippen LogP contribution in [0.3, 0.4) is 0 Å². The van der Waals surface area contributed by atoms with Crippen LogP contribution in [0.25, 0.3) is 0 Å². The Balaban J connectivity index is 1.85. The predicted molar refractivity (Wildman–Crippen MR) is 82.1 cm³/mol. The summed E-state index contributed by atoms with van der Waals surface area (Å²) in [5.41, 5.74) is 9.24. The highest BCUT2D eigenvalue weighted by Gasteiger charge is 2.37. The molecule has 0 aromatic heterocycles. The van der Waals surface area contributed by atoms with E-state index in [1.807, 2.05) is 0 Å². The van der Waals surface area contributed by atoms with Gasteiger partial charge in [-0.3, -0.25) is 4.90 Å². The molecule has 1 aromatic rings. The van der Waals surface area contributed by atoms with Gasteiger partial charge in [0.05, 0.1) is 7.11 Å². The highest BCUT2D eigenvalue weighted by atomic mass is 16.5. The fourth-order valence-corrected chi connectivity index (χ4v) is 4.04. The van der Waals surface area contributed by atoms with E-state index in [0.29, 0.717) is 18.0 Å². The standard InChI is InChI=1S/C17H26N2O/c1-3-6-19-11-15(18)8-14-7-13-9-16(20-2)5-4-12(13)10-17(14)19/h4-5,9,14-15,17H,3,6-8,10-11,18H2,1-2H3. The van der Waals surface area contributed by atoms with Crippen LogP contribution in [0.5, 0.6) is 5.75 Å². The quantitative estimate of drug-likeness (QED) is 0.918. The zero-order valence-corrected chi connectivity index (χ0v) is 12.6. The van der Waals surface area contributed by atoms with Crippen molar-refractivity contribution in [3.63, 3.8) is 0 Å². The van der Waals surface area contributed by atoms with Gasteiger partial charge < -0.3 is 10.5 Å². The first kappa shape index (κ1) is 13.9. The summed E-state index contributed by atoms with van der Waals surface area (Å²) in [7, 11) is 1.74. The van der Waals surface area contributed by atoms with Gasteiger partial charge >= 0.3 is 0 Å². The molecule has 20 heavy (non-hydrogen) atoms. The summed E-state index contributed by atoms with van der Waals surface area (Å²) >= 11 is 0. The lowest BCUT2D eigenvalue weighted by Crippen LogP contribution is -2.56. The number of rotatable bonds is 3. The number of ether oxygens (including phenoxy) is 1. The maximum Gasteiger partial charge on any atom is 0.119 e. The normalized spacial score (nSPS) is 29.6. The van der Waals surface area contributed by atoms with Gasteiger partial charge in [-0.15, -0.1) is 0 Å². The summed E-state index contributed by atoms with van der Waals surface area (Å²) < 4.78 is 5.36. The van der Waals surface area contributed by atoms with E-state index in [9.17, 15) is 0 Å². The average Bonchev–Trinajstić information content (AvgIpc) is 2.45. The molecule has 3 unspecified atom stereocenters. The van der Waals surface area contributed by atoms with E-state index >= 15 is 0 Å². The molecule has 3 atom stereocenters. The van der Waals surface area contributed by atoms with Gasteiger partial charge in [0.15, 0.2) is 0 Å². The Kier molecular flexibility index (Phi) is 3.99. The summed E-state index contributed by atoms with van der Waals surface area (Å²) in [6, 6.07) is 7.60. The monoisotopic (exact) mass is 274 g/mol. The van der Waals surface area contributed by atoms with Gasteiger partial charge in [0.1, 0.15) is 5.75 Å². The smallest absolute Gasteiger partial charge is 0.119 e. The minimum absolute atomic E-state index is 0.343. The predicted octanol–water partition coefficient (Wildman–Crippen LogP) is 2.22. The van der Waals surface area contributed by atoms with Crippen LogP contribution < -0.4 is 10.5 Å². The molecule has 0 bridgehead atoms. The molecule has 1 aliphatic heterocycles. The zero-order chi connectivity index (χ0) is 14.1. The third-order valence-electron chi connectivity index (χ3n) is 4.92. The number of hydrogen-bond donors (Lipinski definition) is 1. The Hall–Kier alpha value is -1.06. The molecule has 0 amide bonds. The molecule has 1 aliphatic carbocycles. The number of piperidine rings is 1. The first-order valence-electron chi connectivity index (χ1n) is 7.86. The van der Waals surface area contributed by atoms with E-state index in [0.717, 1.165) is 18.7 Å². The third kappa shape index (κ3) is 2.57. The van der Waals surface area contributed by atoms with Gasteiger partial charge in [0.2, 0.25) is 0 Å². The maximum atomic E-state index is 6.27. The molecule has 110 valence electrons. The van der Waals surface area contributed by atoms with Gasteiger partial charge in [-0.1, -0.05) is 13.0 Å². The summed E-state index contributed by atoms with van der Waals surface area (Å²) in [4.78, 5) is 2.63. The van der Waals surface area contributed by atoms with Gasteiger partial charge in [-0.25, -0.2) is 0 Å². The van der Waals surface area contributed by atoms with E-state index in [-0.39, 0.29) is 0 Å². The lowest BCUT2D eigenvalue weighted by molar-refractivity contribution is 0.0729. The first-order chi connectivity index (χ1) is 9.71. The second kappa shape index (κ2) is 5.74. The van der Waals surface area contributed by atoms with Crippen molar-refractivity contribution in [3.8, 4) is 5.75 Å². The van der Waals surface area contributed by atoms with Crippen molar-refractivity contribution < 1.29 is 4.74 Å². The highest BCUT2D eigenvalue weighted by Crippen LogP contribution is 2.36. The van der Waals surface area contributed by atoms with Crippen LogP contribution >= 0.6 is 0 Å². The fourth-order valence-electron chi connectivity index (χ4n) is 4.04. The van der Waals surface area contributed by atoms with Gasteiger partial charge in [-0.2, -0.15) is 0 Å². The number of likely N-dealkylation sites (tertiary alicyclic amines) is 1. The summed E-state index contributed by atoms with van der Waals surface area (Å²) in [6.07, 6.45) is 4.72. The van der Waals surface area contributed by atoms with Crippen LogP contribution in [0.2, 0.25) is 0 Å². The van der Waals surface area contributed by atoms with Crippen LogP contribution in [0.1, 0.15) is 30.9 Å². The Bertz CT molecular complexity index is 474. The molecule has 2 N–H and O–H groups in total. The topological polar surface area (TPSA) is 38.5 Å². The van der Waals surface area contributed by atoms with Crippen molar-refractivity contribution in [2.75, 3.05) is 20.2 Å². The van der Waals surface area contributed by atoms with Crippen molar-refractivity contribution in [1.29, 1.82) is 0 Å². The molecule has 1 heterocycles. The second-order valence-corrected chi connectivity index (χ2v) is 6.36. The molecule has 0 spiro atoms. The maximum absolute atomic E-state index is 6.27. The Morgan fingerprint density at radius 3 is 2.90 bits per heavy atom. The summed E-state index contributed by atoms with van der Waals surface area (Å²) in [5, 5.41) is 0. The molecular formula is C17H26N2O. The van der Waals surface area contributed by atoms with Gasteiger partial charge in [0, 0.05) is 18.6 Å². The molecule has 3 nitrogen and oxygen atoms in total. The molecular weight excluding hydrogens is 248 g/mol. The van der Waals surface area contributed by atoms with Crippen LogP contribution in [-0.4, -0.2) is 37.2 Å². The van der Waals surface area contributed by atoms with Crippen LogP contribution in [-0.2, 0) is 12.8 Å². The molecule has 3 rings (SSSR count). The lowest BCUT2D eigenvalue weighted by Gasteiger charge is -2.46. The van der Waals surface area contributed by atoms with Crippen molar-refractivity contribution in [3.05, 3.63) is 29.3 Å². The zero-order valence-electron chi connectivity index (χ0n) is 12.6.